The number of aromatic nitrogens is 4. The minimum Gasteiger partial charge on any atom is -0.383 e. The summed E-state index contributed by atoms with van der Waals surface area (Å²) >= 11 is 0. The Labute approximate surface area is 244 Å². The van der Waals surface area contributed by atoms with Gasteiger partial charge in [-0.2, -0.15) is 13.2 Å². The molecule has 0 radical (unpaired) electrons. The van der Waals surface area contributed by atoms with Gasteiger partial charge in [-0.05, 0) is 75.8 Å². The van der Waals surface area contributed by atoms with Crippen molar-refractivity contribution in [2.75, 3.05) is 11.1 Å². The Bertz CT molecular complexity index is 1730. The first-order valence-corrected chi connectivity index (χ1v) is 13.8. The fourth-order valence-corrected chi connectivity index (χ4v) is 6.40. The molecule has 2 bridgehead atoms. The van der Waals surface area contributed by atoms with Gasteiger partial charge in [0.2, 0.25) is 0 Å². The number of carbonyl (C=O) groups excluding carboxylic acids is 2. The van der Waals surface area contributed by atoms with Crippen molar-refractivity contribution in [2.45, 2.75) is 68.8 Å². The average molecular weight is 594 g/mol. The number of nitrogens with two attached hydrogens (primary N) is 1. The molecule has 2 aliphatic rings. The van der Waals surface area contributed by atoms with Crippen molar-refractivity contribution >= 4 is 34.5 Å². The van der Waals surface area contributed by atoms with Crippen LogP contribution in [0, 0.1) is 0 Å². The fraction of sp³-hybridized carbons (Fsp3) is 0.367. The Balaban J connectivity index is 1.29. The molecule has 0 unspecified atom stereocenters. The zero-order valence-corrected chi connectivity index (χ0v) is 23.5. The third-order valence-corrected chi connectivity index (χ3v) is 8.65. The SMILES string of the molecule is CC(C)(O)C(=O)NC12CCC(n3cc(-c4ccc(C(=O)Nc5cc(C(F)(F)F)ccn5)cc4)c4c(N)ncnc43)(CC1)C2. The van der Waals surface area contributed by atoms with Gasteiger partial charge in [-0.1, -0.05) is 12.1 Å². The molecule has 3 aromatic heterocycles. The number of fused-ring (bicyclic) bond motifs is 3. The molecule has 3 heterocycles. The number of halogens is 3. The fourth-order valence-electron chi connectivity index (χ4n) is 6.40. The summed E-state index contributed by atoms with van der Waals surface area (Å²) in [6, 6.07) is 8.22. The molecule has 43 heavy (non-hydrogen) atoms. The van der Waals surface area contributed by atoms with E-state index in [1.807, 2.05) is 6.20 Å². The first-order valence-electron chi connectivity index (χ1n) is 13.8. The highest BCUT2D eigenvalue weighted by molar-refractivity contribution is 6.05. The normalized spacial score (nSPS) is 21.7. The van der Waals surface area contributed by atoms with Gasteiger partial charge in [0.25, 0.3) is 11.8 Å². The van der Waals surface area contributed by atoms with E-state index in [1.165, 1.54) is 20.2 Å². The third-order valence-electron chi connectivity index (χ3n) is 8.65. The number of hydrogen-bond acceptors (Lipinski definition) is 7. The second-order valence-electron chi connectivity index (χ2n) is 12.0. The van der Waals surface area contributed by atoms with Gasteiger partial charge in [-0.25, -0.2) is 15.0 Å². The van der Waals surface area contributed by atoms with Crippen LogP contribution in [0.3, 0.4) is 0 Å². The van der Waals surface area contributed by atoms with Crippen molar-refractivity contribution in [3.8, 4) is 11.1 Å². The van der Waals surface area contributed by atoms with Crippen molar-refractivity contribution in [3.05, 3.63) is 66.2 Å². The summed E-state index contributed by atoms with van der Waals surface area (Å²) in [5, 5.41) is 16.4. The molecular weight excluding hydrogens is 563 g/mol. The van der Waals surface area contributed by atoms with E-state index in [9.17, 15) is 27.9 Å². The molecule has 224 valence electrons. The van der Waals surface area contributed by atoms with Crippen molar-refractivity contribution in [2.24, 2.45) is 0 Å². The van der Waals surface area contributed by atoms with Crippen LogP contribution in [0.1, 0.15) is 61.9 Å². The predicted molar refractivity (Wildman–Crippen MR) is 153 cm³/mol. The van der Waals surface area contributed by atoms with Gasteiger partial charge in [0.05, 0.1) is 10.9 Å². The second-order valence-corrected chi connectivity index (χ2v) is 12.0. The molecule has 5 N–H and O–H groups in total. The van der Waals surface area contributed by atoms with E-state index >= 15 is 0 Å². The van der Waals surface area contributed by atoms with Crippen LogP contribution in [-0.2, 0) is 16.5 Å². The van der Waals surface area contributed by atoms with E-state index in [2.05, 4.69) is 30.2 Å². The molecule has 13 heteroatoms. The maximum absolute atomic E-state index is 13.0. The predicted octanol–water partition coefficient (Wildman–Crippen LogP) is 4.65. The molecule has 2 aliphatic carbocycles. The van der Waals surface area contributed by atoms with Crippen LogP contribution in [0.5, 0.6) is 0 Å². The number of nitrogens with zero attached hydrogens (tertiary/aromatic N) is 4. The topological polar surface area (TPSA) is 148 Å². The quantitative estimate of drug-likeness (QED) is 0.254. The van der Waals surface area contributed by atoms with E-state index in [-0.39, 0.29) is 16.9 Å². The van der Waals surface area contributed by atoms with Crippen molar-refractivity contribution in [1.29, 1.82) is 0 Å². The maximum atomic E-state index is 13.0. The van der Waals surface area contributed by atoms with Crippen molar-refractivity contribution < 1.29 is 27.9 Å². The molecule has 4 aromatic rings. The van der Waals surface area contributed by atoms with Crippen molar-refractivity contribution in [3.63, 3.8) is 0 Å². The van der Waals surface area contributed by atoms with Gasteiger partial charge in [0, 0.05) is 34.6 Å². The number of benzene rings is 1. The van der Waals surface area contributed by atoms with Crippen LogP contribution in [0.2, 0.25) is 0 Å². The molecule has 0 atom stereocenters. The second kappa shape index (κ2) is 9.76. The van der Waals surface area contributed by atoms with Crippen LogP contribution < -0.4 is 16.4 Å². The third kappa shape index (κ3) is 5.07. The number of alkyl halides is 3. The molecule has 6 rings (SSSR count). The number of anilines is 2. The van der Waals surface area contributed by atoms with E-state index in [0.717, 1.165) is 55.1 Å². The minimum atomic E-state index is -4.56. The van der Waals surface area contributed by atoms with Crippen LogP contribution in [0.15, 0.2) is 55.1 Å². The van der Waals surface area contributed by atoms with E-state index < -0.39 is 34.7 Å². The van der Waals surface area contributed by atoms with Gasteiger partial charge in [0.1, 0.15) is 29.2 Å². The Kier molecular flexibility index (Phi) is 6.49. The van der Waals surface area contributed by atoms with Gasteiger partial charge in [-0.3, -0.25) is 9.59 Å². The molecule has 2 saturated carbocycles. The van der Waals surface area contributed by atoms with Crippen LogP contribution >= 0.6 is 0 Å². The van der Waals surface area contributed by atoms with Gasteiger partial charge in [0.15, 0.2) is 0 Å². The van der Waals surface area contributed by atoms with Crippen LogP contribution in [0.25, 0.3) is 22.2 Å². The van der Waals surface area contributed by atoms with Gasteiger partial charge in [-0.15, -0.1) is 0 Å². The molecular formula is C30H30F3N7O3. The lowest BCUT2D eigenvalue weighted by molar-refractivity contribution is -0.138. The molecule has 0 aliphatic heterocycles. The maximum Gasteiger partial charge on any atom is 0.416 e. The molecule has 10 nitrogen and oxygen atoms in total. The lowest BCUT2D eigenvalue weighted by Gasteiger charge is -2.31. The number of nitrogen functional groups attached to an aromatic ring is 1. The molecule has 0 spiro atoms. The lowest BCUT2D eigenvalue weighted by atomic mass is 9.90. The Hall–Kier alpha value is -4.52. The van der Waals surface area contributed by atoms with Gasteiger partial charge >= 0.3 is 6.18 Å². The first-order chi connectivity index (χ1) is 20.2. The van der Waals surface area contributed by atoms with Gasteiger partial charge < -0.3 is 26.0 Å². The summed E-state index contributed by atoms with van der Waals surface area (Å²) in [6.07, 6.45) is 3.62. The van der Waals surface area contributed by atoms with E-state index in [0.29, 0.717) is 23.3 Å². The number of aliphatic hydroxyl groups is 1. The number of amides is 2. The number of carbonyl (C=O) groups is 2. The highest BCUT2D eigenvalue weighted by Crippen LogP contribution is 2.56. The Morgan fingerprint density at radius 2 is 1.72 bits per heavy atom. The summed E-state index contributed by atoms with van der Waals surface area (Å²) in [7, 11) is 0. The zero-order valence-electron chi connectivity index (χ0n) is 23.5. The Morgan fingerprint density at radius 1 is 1.02 bits per heavy atom. The molecule has 2 fully saturated rings. The number of hydrogen-bond donors (Lipinski definition) is 4. The summed E-state index contributed by atoms with van der Waals surface area (Å²) in [4.78, 5) is 38.0. The monoisotopic (exact) mass is 593 g/mol. The van der Waals surface area contributed by atoms with E-state index in [4.69, 9.17) is 5.73 Å². The standard InChI is InChI=1S/C30H30F3N7O3/c1-27(2,43)26(42)39-28-8-10-29(15-28,11-9-28)40-14-20(22-23(34)36-16-37-24(22)40)17-3-5-18(6-4-17)25(41)38-21-13-19(7-12-35-21)30(31,32)33/h3-7,12-14,16,43H,8-11,15H2,1-2H3,(H,39,42)(H2,34,36,37)(H,35,38,41). The smallest absolute Gasteiger partial charge is 0.383 e. The highest BCUT2D eigenvalue weighted by atomic mass is 19.4. The Morgan fingerprint density at radius 3 is 2.37 bits per heavy atom. The molecule has 1 aromatic carbocycles. The number of nitrogens with one attached hydrogen (secondary N) is 2. The number of pyridine rings is 1. The van der Waals surface area contributed by atoms with Crippen LogP contribution in [-0.4, -0.2) is 47.6 Å². The molecule has 0 saturated heterocycles. The molecule has 2 amide bonds. The lowest BCUT2D eigenvalue weighted by Crippen LogP contribution is -2.52. The van der Waals surface area contributed by atoms with Crippen molar-refractivity contribution in [1.82, 2.24) is 24.8 Å². The summed E-state index contributed by atoms with van der Waals surface area (Å²) in [5.41, 5.74) is 5.61. The minimum absolute atomic E-state index is 0.209. The van der Waals surface area contributed by atoms with E-state index in [1.54, 1.807) is 24.3 Å². The largest absolute Gasteiger partial charge is 0.416 e. The highest BCUT2D eigenvalue weighted by Gasteiger charge is 2.57. The average Bonchev–Trinajstić information content (AvgIpc) is 3.63. The summed E-state index contributed by atoms with van der Waals surface area (Å²) in [6.45, 7) is 2.94. The number of rotatable bonds is 6. The summed E-state index contributed by atoms with van der Waals surface area (Å²) in [5.74, 6) is -0.920. The summed E-state index contributed by atoms with van der Waals surface area (Å²) < 4.78 is 41.3. The zero-order chi connectivity index (χ0) is 30.8. The van der Waals surface area contributed by atoms with Crippen LogP contribution in [0.4, 0.5) is 24.8 Å². The first kappa shape index (κ1) is 28.6.